The van der Waals surface area contributed by atoms with Crippen molar-refractivity contribution in [1.29, 1.82) is 0 Å². The van der Waals surface area contributed by atoms with E-state index in [1.807, 2.05) is 0 Å². The molecule has 170 valence electrons. The van der Waals surface area contributed by atoms with Crippen LogP contribution in [0, 0.1) is 0 Å². The largest absolute Gasteiger partial charge is 0.465 e. The van der Waals surface area contributed by atoms with Gasteiger partial charge in [0.2, 0.25) is 0 Å². The maximum atomic E-state index is 13.0. The number of ether oxygens (including phenoxy) is 1. The molecule has 12 heteroatoms. The molecule has 0 aliphatic heterocycles. The number of carbonyl (C=O) groups is 2. The predicted molar refractivity (Wildman–Crippen MR) is 111 cm³/mol. The van der Waals surface area contributed by atoms with Crippen molar-refractivity contribution < 1.29 is 35.9 Å². The van der Waals surface area contributed by atoms with Crippen LogP contribution >= 0.6 is 11.3 Å². The van der Waals surface area contributed by atoms with Crippen LogP contribution < -0.4 is 4.80 Å². The maximum absolute atomic E-state index is 13.0. The van der Waals surface area contributed by atoms with Crippen LogP contribution in [-0.2, 0) is 32.1 Å². The van der Waals surface area contributed by atoms with Crippen molar-refractivity contribution in [3.63, 3.8) is 0 Å². The van der Waals surface area contributed by atoms with Gasteiger partial charge in [-0.2, -0.15) is 18.2 Å². The van der Waals surface area contributed by atoms with Crippen molar-refractivity contribution in [2.75, 3.05) is 12.9 Å². The van der Waals surface area contributed by atoms with Crippen LogP contribution in [0.4, 0.5) is 13.2 Å². The molecule has 0 aliphatic rings. The van der Waals surface area contributed by atoms with E-state index in [2.05, 4.69) is 4.99 Å². The summed E-state index contributed by atoms with van der Waals surface area (Å²) in [6, 6.07) is 8.03. The highest BCUT2D eigenvalue weighted by Crippen LogP contribution is 2.29. The summed E-state index contributed by atoms with van der Waals surface area (Å²) in [4.78, 5) is 28.6. The number of amides is 1. The lowest BCUT2D eigenvalue weighted by Gasteiger charge is -2.07. The van der Waals surface area contributed by atoms with Crippen LogP contribution in [-0.4, -0.2) is 37.7 Å². The summed E-state index contributed by atoms with van der Waals surface area (Å²) in [5.74, 6) is -1.56. The lowest BCUT2D eigenvalue weighted by Crippen LogP contribution is -2.23. The zero-order chi connectivity index (χ0) is 23.7. The van der Waals surface area contributed by atoms with Crippen LogP contribution in [0.3, 0.4) is 0 Å². The van der Waals surface area contributed by atoms with Crippen molar-refractivity contribution in [1.82, 2.24) is 4.57 Å². The van der Waals surface area contributed by atoms with Crippen molar-refractivity contribution in [2.24, 2.45) is 4.99 Å². The molecule has 2 aromatic carbocycles. The Balaban J connectivity index is 2.16. The van der Waals surface area contributed by atoms with Crippen LogP contribution in [0.2, 0.25) is 0 Å². The Labute approximate surface area is 184 Å². The van der Waals surface area contributed by atoms with Gasteiger partial charge in [0.1, 0.15) is 6.54 Å². The van der Waals surface area contributed by atoms with Gasteiger partial charge in [-0.15, -0.1) is 0 Å². The molecule has 1 heterocycles. The normalized spacial score (nSPS) is 12.8. The summed E-state index contributed by atoms with van der Waals surface area (Å²) < 4.78 is 69.3. The fraction of sp³-hybridized carbons (Fsp3) is 0.250. The van der Waals surface area contributed by atoms with Gasteiger partial charge in [-0.05, 0) is 43.3 Å². The molecule has 32 heavy (non-hydrogen) atoms. The molecule has 0 unspecified atom stereocenters. The molecule has 0 saturated carbocycles. The average Bonchev–Trinajstić information content (AvgIpc) is 3.03. The second-order valence-electron chi connectivity index (χ2n) is 6.67. The number of benzene rings is 2. The minimum absolute atomic E-state index is 0.0149. The van der Waals surface area contributed by atoms with Crippen molar-refractivity contribution in [3.8, 4) is 0 Å². The Morgan fingerprint density at radius 3 is 2.50 bits per heavy atom. The van der Waals surface area contributed by atoms with E-state index < -0.39 is 33.5 Å². The number of fused-ring (bicyclic) bond motifs is 1. The minimum atomic E-state index is -4.63. The SMILES string of the molecule is CCOC(=O)Cn1c(=NC(=O)c2cccc(C(F)(F)F)c2)sc2cc(S(C)(=O)=O)ccc21. The van der Waals surface area contributed by atoms with Gasteiger partial charge in [0.25, 0.3) is 5.91 Å². The summed E-state index contributed by atoms with van der Waals surface area (Å²) >= 11 is 0.928. The number of esters is 1. The molecule has 0 atom stereocenters. The molecule has 1 aromatic heterocycles. The Bertz CT molecular complexity index is 1370. The van der Waals surface area contributed by atoms with Crippen LogP contribution in [0.25, 0.3) is 10.2 Å². The third-order valence-electron chi connectivity index (χ3n) is 4.31. The maximum Gasteiger partial charge on any atom is 0.416 e. The second-order valence-corrected chi connectivity index (χ2v) is 9.70. The molecule has 7 nitrogen and oxygen atoms in total. The molecule has 0 saturated heterocycles. The third-order valence-corrected chi connectivity index (χ3v) is 6.46. The molecular formula is C20H17F3N2O5S2. The first-order valence-corrected chi connectivity index (χ1v) is 11.9. The number of rotatable bonds is 5. The Morgan fingerprint density at radius 2 is 1.88 bits per heavy atom. The zero-order valence-corrected chi connectivity index (χ0v) is 18.5. The number of thiazole rings is 1. The number of carbonyl (C=O) groups excluding carboxylic acids is 2. The molecular weight excluding hydrogens is 469 g/mol. The fourth-order valence-electron chi connectivity index (χ4n) is 2.84. The Morgan fingerprint density at radius 1 is 1.16 bits per heavy atom. The summed E-state index contributed by atoms with van der Waals surface area (Å²) in [6.45, 7) is 1.42. The van der Waals surface area contributed by atoms with Gasteiger partial charge >= 0.3 is 12.1 Å². The van der Waals surface area contributed by atoms with Crippen molar-refractivity contribution >= 4 is 43.3 Å². The van der Waals surface area contributed by atoms with Gasteiger partial charge in [0.05, 0.1) is 27.3 Å². The predicted octanol–water partition coefficient (Wildman–Crippen LogP) is 3.43. The first kappa shape index (κ1) is 23.7. The lowest BCUT2D eigenvalue weighted by atomic mass is 10.1. The van der Waals surface area contributed by atoms with Crippen molar-refractivity contribution in [3.05, 3.63) is 58.4 Å². The summed E-state index contributed by atoms with van der Waals surface area (Å²) in [6.07, 6.45) is -3.59. The molecule has 3 rings (SSSR count). The topological polar surface area (TPSA) is 94.8 Å². The fourth-order valence-corrected chi connectivity index (χ4v) is 4.63. The van der Waals surface area contributed by atoms with Crippen LogP contribution in [0.15, 0.2) is 52.4 Å². The van der Waals surface area contributed by atoms with E-state index in [4.69, 9.17) is 4.74 Å². The lowest BCUT2D eigenvalue weighted by molar-refractivity contribution is -0.143. The van der Waals surface area contributed by atoms with E-state index in [1.165, 1.54) is 28.8 Å². The monoisotopic (exact) mass is 486 g/mol. The van der Waals surface area contributed by atoms with Gasteiger partial charge < -0.3 is 9.30 Å². The van der Waals surface area contributed by atoms with Crippen molar-refractivity contribution in [2.45, 2.75) is 24.5 Å². The Kier molecular flexibility index (Phi) is 6.56. The molecule has 0 bridgehead atoms. The van der Waals surface area contributed by atoms with Gasteiger partial charge in [0, 0.05) is 11.8 Å². The molecule has 3 aromatic rings. The molecule has 0 spiro atoms. The first-order chi connectivity index (χ1) is 14.9. The smallest absolute Gasteiger partial charge is 0.416 e. The molecule has 0 fully saturated rings. The molecule has 0 radical (unpaired) electrons. The van der Waals surface area contributed by atoms with Crippen LogP contribution in [0.1, 0.15) is 22.8 Å². The van der Waals surface area contributed by atoms with Gasteiger partial charge in [-0.25, -0.2) is 8.42 Å². The summed E-state index contributed by atoms with van der Waals surface area (Å²) in [5, 5.41) is 0. The highest BCUT2D eigenvalue weighted by Gasteiger charge is 2.31. The van der Waals surface area contributed by atoms with E-state index in [0.717, 1.165) is 29.7 Å². The molecule has 1 amide bonds. The van der Waals surface area contributed by atoms with Gasteiger partial charge in [0.15, 0.2) is 14.6 Å². The van der Waals surface area contributed by atoms with Gasteiger partial charge in [-0.3, -0.25) is 9.59 Å². The first-order valence-electron chi connectivity index (χ1n) is 9.15. The second kappa shape index (κ2) is 8.87. The minimum Gasteiger partial charge on any atom is -0.465 e. The van der Waals surface area contributed by atoms with E-state index in [-0.39, 0.29) is 28.4 Å². The number of sulfone groups is 1. The van der Waals surface area contributed by atoms with E-state index in [9.17, 15) is 31.2 Å². The highest BCUT2D eigenvalue weighted by atomic mass is 32.2. The quantitative estimate of drug-likeness (QED) is 0.515. The highest BCUT2D eigenvalue weighted by molar-refractivity contribution is 7.90. The van der Waals surface area contributed by atoms with E-state index >= 15 is 0 Å². The molecule has 0 N–H and O–H groups in total. The number of hydrogen-bond acceptors (Lipinski definition) is 6. The standard InChI is InChI=1S/C20H17F3N2O5S2/c1-3-30-17(26)11-25-15-8-7-14(32(2,28)29)10-16(15)31-19(25)24-18(27)12-5-4-6-13(9-12)20(21,22)23/h4-10H,3,11H2,1-2H3. The number of halogens is 3. The number of nitrogens with zero attached hydrogens (tertiary/aromatic N) is 2. The van der Waals surface area contributed by atoms with E-state index in [0.29, 0.717) is 16.3 Å². The summed E-state index contributed by atoms with van der Waals surface area (Å²) in [7, 11) is -3.51. The number of aromatic nitrogens is 1. The van der Waals surface area contributed by atoms with Crippen LogP contribution in [0.5, 0.6) is 0 Å². The zero-order valence-electron chi connectivity index (χ0n) is 16.8. The molecule has 0 aliphatic carbocycles. The average molecular weight is 486 g/mol. The summed E-state index contributed by atoms with van der Waals surface area (Å²) in [5.41, 5.74) is -0.852. The number of alkyl halides is 3. The van der Waals surface area contributed by atoms with E-state index in [1.54, 1.807) is 6.92 Å². The number of hydrogen-bond donors (Lipinski definition) is 0. The Hall–Kier alpha value is -2.99. The third kappa shape index (κ3) is 5.25. The van der Waals surface area contributed by atoms with Gasteiger partial charge in [-0.1, -0.05) is 17.4 Å².